The first kappa shape index (κ1) is 14.2. The van der Waals surface area contributed by atoms with Gasteiger partial charge >= 0.3 is 59.1 Å². The summed E-state index contributed by atoms with van der Waals surface area (Å²) in [6.07, 6.45) is 1.36. The summed E-state index contributed by atoms with van der Waals surface area (Å²) < 4.78 is 0. The second kappa shape index (κ2) is 7.36. The summed E-state index contributed by atoms with van der Waals surface area (Å²) in [5.74, 6) is 0. The molecule has 0 aliphatic heterocycles. The van der Waals surface area contributed by atoms with Crippen molar-refractivity contribution in [2.24, 2.45) is 0 Å². The molecule has 0 atom stereocenters. The van der Waals surface area contributed by atoms with Crippen LogP contribution in [-0.4, -0.2) is 74.1 Å². The van der Waals surface area contributed by atoms with Crippen LogP contribution in [0.5, 0.6) is 0 Å². The Hall–Kier alpha value is 1.71. The maximum atomic E-state index is 3.84. The fourth-order valence-electron chi connectivity index (χ4n) is 0.279. The minimum absolute atomic E-state index is 0. The van der Waals surface area contributed by atoms with Gasteiger partial charge in [-0.2, -0.15) is 4.98 Å². The van der Waals surface area contributed by atoms with Crippen molar-refractivity contribution in [1.29, 1.82) is 0 Å². The maximum absolute atomic E-state index is 3.84. The van der Waals surface area contributed by atoms with E-state index >= 15 is 0 Å². The van der Waals surface area contributed by atoms with Gasteiger partial charge in [0.05, 0.1) is 0 Å². The van der Waals surface area contributed by atoms with Gasteiger partial charge in [-0.05, 0) is 0 Å². The normalized spacial score (nSPS) is 7.40. The fraction of sp³-hybridized carbons (Fsp3) is 0. The Morgan fingerprint density at radius 2 is 1.40 bits per heavy atom. The van der Waals surface area contributed by atoms with Gasteiger partial charge in [0.2, 0.25) is 0 Å². The zero-order chi connectivity index (χ0) is 5.98. The molecule has 0 amide bonds. The molecule has 0 aromatic carbocycles. The Bertz CT molecular complexity index is 180. The number of hydrogen-bond acceptors (Lipinski definition) is 5. The van der Waals surface area contributed by atoms with Crippen LogP contribution >= 0.6 is 25.3 Å². The van der Waals surface area contributed by atoms with E-state index in [1.807, 2.05) is 0 Å². The number of hydrogen-bond donors (Lipinski definition) is 2. The number of nitrogens with zero attached hydrogens (tertiary/aromatic N) is 3. The van der Waals surface area contributed by atoms with E-state index in [4.69, 9.17) is 0 Å². The van der Waals surface area contributed by atoms with Crippen molar-refractivity contribution >= 4 is 84.4 Å². The molecule has 0 spiro atoms. The van der Waals surface area contributed by atoms with Crippen LogP contribution in [-0.2, 0) is 0 Å². The quantitative estimate of drug-likeness (QED) is 0.416. The van der Waals surface area contributed by atoms with Gasteiger partial charge in [-0.1, -0.05) is 0 Å². The Balaban J connectivity index is 0. The van der Waals surface area contributed by atoms with Gasteiger partial charge in [0, 0.05) is 0 Å². The molecular formula is C3H5N3Na2S2. The van der Waals surface area contributed by atoms with Crippen molar-refractivity contribution < 1.29 is 0 Å². The van der Waals surface area contributed by atoms with Crippen LogP contribution in [0.4, 0.5) is 0 Å². The van der Waals surface area contributed by atoms with E-state index in [1.54, 1.807) is 0 Å². The third kappa shape index (κ3) is 5.37. The van der Waals surface area contributed by atoms with E-state index in [0.29, 0.717) is 10.3 Å². The molecule has 46 valence electrons. The summed E-state index contributed by atoms with van der Waals surface area (Å²) in [5, 5.41) is 0.787. The van der Waals surface area contributed by atoms with Crippen LogP contribution in [0.15, 0.2) is 16.6 Å². The molecule has 0 bridgehead atoms. The van der Waals surface area contributed by atoms with Gasteiger partial charge in [-0.25, -0.2) is 9.97 Å². The average Bonchev–Trinajstić information content (AvgIpc) is 1.64. The SMILES string of the molecule is Sc1ncnc(S)n1.[NaH].[NaH]. The zero-order valence-electron chi connectivity index (χ0n) is 3.81. The van der Waals surface area contributed by atoms with E-state index in [9.17, 15) is 0 Å². The monoisotopic (exact) mass is 193 g/mol. The first-order chi connectivity index (χ1) is 3.79. The standard InChI is InChI=1S/C3H3N3S2.2Na.2H/c7-2-4-1-5-3(8)6-2;;;;/h1H,(H2,4,5,6,7,8);;;;. The summed E-state index contributed by atoms with van der Waals surface area (Å²) in [5.41, 5.74) is 0. The molecule has 0 saturated carbocycles. The Kier molecular flexibility index (Phi) is 10.5. The average molecular weight is 193 g/mol. The molecule has 0 N–H and O–H groups in total. The molecule has 1 aromatic rings. The summed E-state index contributed by atoms with van der Waals surface area (Å²) in [6.45, 7) is 0. The third-order valence-corrected chi connectivity index (χ3v) is 0.977. The van der Waals surface area contributed by atoms with Crippen molar-refractivity contribution in [3.63, 3.8) is 0 Å². The van der Waals surface area contributed by atoms with E-state index in [2.05, 4.69) is 40.2 Å². The molecule has 0 saturated heterocycles. The van der Waals surface area contributed by atoms with Crippen LogP contribution in [0.2, 0.25) is 0 Å². The van der Waals surface area contributed by atoms with Gasteiger partial charge in [0.25, 0.3) is 0 Å². The zero-order valence-corrected chi connectivity index (χ0v) is 5.60. The van der Waals surface area contributed by atoms with E-state index in [-0.39, 0.29) is 59.1 Å². The van der Waals surface area contributed by atoms with Gasteiger partial charge in [-0.3, -0.25) is 0 Å². The molecule has 10 heavy (non-hydrogen) atoms. The number of thiol groups is 2. The fourth-order valence-corrected chi connectivity index (χ4v) is 0.651. The molecule has 3 nitrogen and oxygen atoms in total. The molecule has 7 heteroatoms. The molecular weight excluding hydrogens is 188 g/mol. The Morgan fingerprint density at radius 3 is 1.60 bits per heavy atom. The van der Waals surface area contributed by atoms with Crippen molar-refractivity contribution in [3.8, 4) is 0 Å². The molecule has 1 heterocycles. The first-order valence-electron chi connectivity index (χ1n) is 1.86. The molecule has 0 fully saturated rings. The first-order valence-corrected chi connectivity index (χ1v) is 2.75. The predicted molar refractivity (Wildman–Crippen MR) is 48.6 cm³/mol. The van der Waals surface area contributed by atoms with E-state index < -0.39 is 0 Å². The van der Waals surface area contributed by atoms with Crippen molar-refractivity contribution in [1.82, 2.24) is 15.0 Å². The summed E-state index contributed by atoms with van der Waals surface area (Å²) in [7, 11) is 0. The number of aromatic nitrogens is 3. The van der Waals surface area contributed by atoms with Crippen molar-refractivity contribution in [2.75, 3.05) is 0 Å². The minimum atomic E-state index is 0. The molecule has 0 unspecified atom stereocenters. The topological polar surface area (TPSA) is 38.7 Å². The van der Waals surface area contributed by atoms with Crippen LogP contribution in [0, 0.1) is 0 Å². The summed E-state index contributed by atoms with van der Waals surface area (Å²) in [4.78, 5) is 10.9. The third-order valence-electron chi connectivity index (χ3n) is 0.546. The summed E-state index contributed by atoms with van der Waals surface area (Å²) >= 11 is 7.69. The van der Waals surface area contributed by atoms with Gasteiger partial charge in [0.1, 0.15) is 6.33 Å². The van der Waals surface area contributed by atoms with Gasteiger partial charge in [0.15, 0.2) is 10.3 Å². The predicted octanol–water partition coefficient (Wildman–Crippen LogP) is -0.848. The Labute approximate surface area is 114 Å². The summed E-state index contributed by atoms with van der Waals surface area (Å²) in [6, 6.07) is 0. The van der Waals surface area contributed by atoms with Crippen LogP contribution < -0.4 is 0 Å². The molecule has 1 aromatic heterocycles. The molecule has 0 aliphatic rings. The second-order valence-electron chi connectivity index (χ2n) is 1.09. The van der Waals surface area contributed by atoms with Crippen LogP contribution in [0.3, 0.4) is 0 Å². The molecule has 1 rings (SSSR count). The van der Waals surface area contributed by atoms with Crippen molar-refractivity contribution in [2.45, 2.75) is 10.3 Å². The van der Waals surface area contributed by atoms with Gasteiger partial charge < -0.3 is 0 Å². The second-order valence-corrected chi connectivity index (χ2v) is 1.89. The molecule has 0 radical (unpaired) electrons. The van der Waals surface area contributed by atoms with Crippen molar-refractivity contribution in [3.05, 3.63) is 6.33 Å². The molecule has 0 aliphatic carbocycles. The van der Waals surface area contributed by atoms with Crippen LogP contribution in [0.1, 0.15) is 0 Å². The van der Waals surface area contributed by atoms with Crippen LogP contribution in [0.25, 0.3) is 0 Å². The van der Waals surface area contributed by atoms with Gasteiger partial charge in [-0.15, -0.1) is 25.3 Å². The number of rotatable bonds is 0. The Morgan fingerprint density at radius 1 is 1.00 bits per heavy atom. The van der Waals surface area contributed by atoms with E-state index in [0.717, 1.165) is 0 Å². The van der Waals surface area contributed by atoms with E-state index in [1.165, 1.54) is 6.33 Å².